The molecule has 1 unspecified atom stereocenters. The number of aliphatic hydroxyl groups is 1. The van der Waals surface area contributed by atoms with Gasteiger partial charge in [0.2, 0.25) is 0 Å². The molecule has 0 radical (unpaired) electrons. The predicted molar refractivity (Wildman–Crippen MR) is 73.7 cm³/mol. The van der Waals surface area contributed by atoms with Gasteiger partial charge < -0.3 is 15.7 Å². The first-order valence-corrected chi connectivity index (χ1v) is 6.54. The number of hydrogen-bond donors (Lipinski definition) is 3. The predicted octanol–water partition coefficient (Wildman–Crippen LogP) is 2.44. The largest absolute Gasteiger partial charge is 0.471 e. The normalized spacial score (nSPS) is 14.6. The Morgan fingerprint density at radius 1 is 1.33 bits per heavy atom. The van der Waals surface area contributed by atoms with Crippen LogP contribution in [-0.4, -0.2) is 29.3 Å². The van der Waals surface area contributed by atoms with E-state index >= 15 is 0 Å². The molecule has 4 nitrogen and oxygen atoms in total. The summed E-state index contributed by atoms with van der Waals surface area (Å²) in [6, 6.07) is 6.12. The molecule has 1 amide bonds. The van der Waals surface area contributed by atoms with Crippen LogP contribution in [-0.2, 0) is 11.3 Å². The Labute approximate surface area is 121 Å². The van der Waals surface area contributed by atoms with Crippen molar-refractivity contribution in [1.82, 2.24) is 5.32 Å². The van der Waals surface area contributed by atoms with Crippen LogP contribution in [0.1, 0.15) is 25.8 Å². The molecule has 0 aliphatic rings. The second kappa shape index (κ2) is 6.91. The third kappa shape index (κ3) is 6.14. The number of hydrogen-bond acceptors (Lipinski definition) is 3. The fraction of sp³-hybridized carbons (Fsp3) is 0.500. The molecule has 21 heavy (non-hydrogen) atoms. The lowest BCUT2D eigenvalue weighted by atomic mass is 10.0. The Kier molecular flexibility index (Phi) is 5.74. The van der Waals surface area contributed by atoms with Crippen molar-refractivity contribution in [3.05, 3.63) is 29.8 Å². The molecular formula is C14H19F3N2O2. The lowest BCUT2D eigenvalue weighted by Gasteiger charge is -2.21. The van der Waals surface area contributed by atoms with Crippen LogP contribution in [0.2, 0.25) is 0 Å². The first-order chi connectivity index (χ1) is 9.64. The highest BCUT2D eigenvalue weighted by atomic mass is 19.4. The smallest absolute Gasteiger partial charge is 0.389 e. The number of carbonyl (C=O) groups is 1. The molecule has 7 heteroatoms. The van der Waals surface area contributed by atoms with Crippen LogP contribution < -0.4 is 10.6 Å². The minimum absolute atomic E-state index is 0.0823. The number of benzene rings is 1. The van der Waals surface area contributed by atoms with E-state index in [-0.39, 0.29) is 5.69 Å². The van der Waals surface area contributed by atoms with E-state index in [1.54, 1.807) is 24.4 Å². The Morgan fingerprint density at radius 2 is 2.00 bits per heavy atom. The number of rotatable bonds is 6. The van der Waals surface area contributed by atoms with Gasteiger partial charge in [-0.3, -0.25) is 4.79 Å². The zero-order valence-corrected chi connectivity index (χ0v) is 11.9. The Bertz CT molecular complexity index is 487. The summed E-state index contributed by atoms with van der Waals surface area (Å²) in [5, 5.41) is 14.6. The molecule has 0 bridgehead atoms. The van der Waals surface area contributed by atoms with Crippen molar-refractivity contribution in [2.24, 2.45) is 0 Å². The van der Waals surface area contributed by atoms with E-state index in [4.69, 9.17) is 0 Å². The molecule has 1 aromatic carbocycles. The van der Waals surface area contributed by atoms with Gasteiger partial charge in [-0.05, 0) is 31.0 Å². The van der Waals surface area contributed by atoms with E-state index in [2.05, 4.69) is 5.32 Å². The van der Waals surface area contributed by atoms with Gasteiger partial charge in [0.1, 0.15) is 0 Å². The van der Waals surface area contributed by atoms with Gasteiger partial charge in [0.25, 0.3) is 0 Å². The Hall–Kier alpha value is -1.60. The van der Waals surface area contributed by atoms with Gasteiger partial charge in [0.15, 0.2) is 0 Å². The molecule has 0 fully saturated rings. The van der Waals surface area contributed by atoms with Gasteiger partial charge in [0.05, 0.1) is 5.60 Å². The molecule has 0 saturated heterocycles. The fourth-order valence-electron chi connectivity index (χ4n) is 1.56. The molecule has 1 aromatic rings. The monoisotopic (exact) mass is 304 g/mol. The highest BCUT2D eigenvalue weighted by Gasteiger charge is 2.38. The second-order valence-corrected chi connectivity index (χ2v) is 5.11. The number of alkyl halides is 3. The molecule has 0 spiro atoms. The van der Waals surface area contributed by atoms with Crippen LogP contribution in [0.25, 0.3) is 0 Å². The zero-order chi connectivity index (χ0) is 16.1. The van der Waals surface area contributed by atoms with Crippen LogP contribution >= 0.6 is 0 Å². The first kappa shape index (κ1) is 17.5. The average Bonchev–Trinajstić information content (AvgIpc) is 2.38. The van der Waals surface area contributed by atoms with E-state index in [1.165, 1.54) is 12.1 Å². The summed E-state index contributed by atoms with van der Waals surface area (Å²) in [7, 11) is 0. The maximum atomic E-state index is 12.2. The van der Waals surface area contributed by atoms with Crippen molar-refractivity contribution in [3.8, 4) is 0 Å². The van der Waals surface area contributed by atoms with Gasteiger partial charge in [-0.2, -0.15) is 13.2 Å². The van der Waals surface area contributed by atoms with Gasteiger partial charge in [-0.1, -0.05) is 19.1 Å². The lowest BCUT2D eigenvalue weighted by Crippen LogP contribution is -2.36. The summed E-state index contributed by atoms with van der Waals surface area (Å²) in [6.07, 6.45) is -4.32. The SMILES string of the molecule is CCC(C)(O)CNCc1cccc(NC(=O)C(F)(F)F)c1. The molecule has 0 aliphatic carbocycles. The molecule has 0 aromatic heterocycles. The van der Waals surface area contributed by atoms with E-state index in [0.717, 1.165) is 0 Å². The lowest BCUT2D eigenvalue weighted by molar-refractivity contribution is -0.167. The molecule has 1 rings (SSSR count). The van der Waals surface area contributed by atoms with Crippen molar-refractivity contribution in [1.29, 1.82) is 0 Å². The Balaban J connectivity index is 2.59. The summed E-state index contributed by atoms with van der Waals surface area (Å²) < 4.78 is 36.5. The molecule has 0 saturated carbocycles. The van der Waals surface area contributed by atoms with E-state index in [0.29, 0.717) is 25.1 Å². The summed E-state index contributed by atoms with van der Waals surface area (Å²) in [5.74, 6) is -2.00. The first-order valence-electron chi connectivity index (χ1n) is 6.54. The zero-order valence-electron chi connectivity index (χ0n) is 11.9. The number of carbonyl (C=O) groups excluding carboxylic acids is 1. The van der Waals surface area contributed by atoms with Gasteiger partial charge in [-0.15, -0.1) is 0 Å². The topological polar surface area (TPSA) is 61.4 Å². The van der Waals surface area contributed by atoms with E-state index in [1.807, 2.05) is 6.92 Å². The highest BCUT2D eigenvalue weighted by molar-refractivity contribution is 5.94. The minimum atomic E-state index is -4.91. The second-order valence-electron chi connectivity index (χ2n) is 5.11. The third-order valence-corrected chi connectivity index (χ3v) is 3.04. The third-order valence-electron chi connectivity index (χ3n) is 3.04. The summed E-state index contributed by atoms with van der Waals surface area (Å²) in [5.41, 5.74) is -0.0389. The summed E-state index contributed by atoms with van der Waals surface area (Å²) >= 11 is 0. The van der Waals surface area contributed by atoms with Crippen molar-refractivity contribution < 1.29 is 23.1 Å². The molecule has 0 heterocycles. The summed E-state index contributed by atoms with van der Waals surface area (Å²) in [4.78, 5) is 10.8. The average molecular weight is 304 g/mol. The molecular weight excluding hydrogens is 285 g/mol. The Morgan fingerprint density at radius 3 is 2.57 bits per heavy atom. The van der Waals surface area contributed by atoms with E-state index in [9.17, 15) is 23.1 Å². The van der Waals surface area contributed by atoms with Crippen molar-refractivity contribution in [2.75, 3.05) is 11.9 Å². The van der Waals surface area contributed by atoms with Crippen LogP contribution in [0.15, 0.2) is 24.3 Å². The molecule has 118 valence electrons. The maximum Gasteiger partial charge on any atom is 0.471 e. The van der Waals surface area contributed by atoms with Crippen LogP contribution in [0.5, 0.6) is 0 Å². The van der Waals surface area contributed by atoms with Crippen LogP contribution in [0.3, 0.4) is 0 Å². The standard InChI is InChI=1S/C14H19F3N2O2/c1-3-13(2,21)9-18-8-10-5-4-6-11(7-10)19-12(20)14(15,16)17/h4-7,18,21H,3,8-9H2,1-2H3,(H,19,20). The van der Waals surface area contributed by atoms with Gasteiger partial charge in [-0.25, -0.2) is 0 Å². The van der Waals surface area contributed by atoms with Gasteiger partial charge >= 0.3 is 12.1 Å². The van der Waals surface area contributed by atoms with Crippen molar-refractivity contribution in [3.63, 3.8) is 0 Å². The van der Waals surface area contributed by atoms with Crippen LogP contribution in [0, 0.1) is 0 Å². The molecule has 0 aliphatic heterocycles. The molecule has 3 N–H and O–H groups in total. The number of anilines is 1. The molecule has 1 atom stereocenters. The van der Waals surface area contributed by atoms with E-state index < -0.39 is 17.7 Å². The van der Waals surface area contributed by atoms with Crippen LogP contribution in [0.4, 0.5) is 18.9 Å². The van der Waals surface area contributed by atoms with Crippen molar-refractivity contribution >= 4 is 11.6 Å². The van der Waals surface area contributed by atoms with Crippen molar-refractivity contribution in [2.45, 2.75) is 38.6 Å². The number of amides is 1. The summed E-state index contributed by atoms with van der Waals surface area (Å²) in [6.45, 7) is 4.30. The number of nitrogens with one attached hydrogen (secondary N) is 2. The highest BCUT2D eigenvalue weighted by Crippen LogP contribution is 2.19. The maximum absolute atomic E-state index is 12.2. The quantitative estimate of drug-likeness (QED) is 0.756. The fourth-order valence-corrected chi connectivity index (χ4v) is 1.56. The minimum Gasteiger partial charge on any atom is -0.389 e. The van der Waals surface area contributed by atoms with Gasteiger partial charge in [0, 0.05) is 18.8 Å². The number of halogens is 3.